The zero-order chi connectivity index (χ0) is 14.7. The summed E-state index contributed by atoms with van der Waals surface area (Å²) in [6.45, 7) is 0.153. The van der Waals surface area contributed by atoms with Crippen LogP contribution >= 0.6 is 27.3 Å². The van der Waals surface area contributed by atoms with Gasteiger partial charge in [-0.25, -0.2) is 9.97 Å². The zero-order valence-electron chi connectivity index (χ0n) is 10.8. The van der Waals surface area contributed by atoms with Crippen LogP contribution in [0.1, 0.15) is 0 Å². The highest BCUT2D eigenvalue weighted by Gasteiger charge is 2.07. The molecule has 106 valence electrons. The van der Waals surface area contributed by atoms with Crippen LogP contribution in [-0.2, 0) is 4.79 Å². The molecule has 1 aromatic carbocycles. The van der Waals surface area contributed by atoms with E-state index in [0.717, 1.165) is 20.4 Å². The zero-order valence-corrected chi connectivity index (χ0v) is 13.2. The number of halogens is 1. The van der Waals surface area contributed by atoms with Crippen LogP contribution in [0.3, 0.4) is 0 Å². The van der Waals surface area contributed by atoms with Gasteiger partial charge in [-0.05, 0) is 35.7 Å². The number of rotatable bonds is 4. The average molecular weight is 363 g/mol. The molecular formula is C14H11BrN4OS. The maximum Gasteiger partial charge on any atom is 0.243 e. The topological polar surface area (TPSA) is 66.9 Å². The van der Waals surface area contributed by atoms with Gasteiger partial charge in [0.25, 0.3) is 0 Å². The molecule has 0 saturated carbocycles. The molecule has 2 N–H and O–H groups in total. The minimum Gasteiger partial charge on any atom is -0.360 e. The van der Waals surface area contributed by atoms with Gasteiger partial charge >= 0.3 is 0 Å². The van der Waals surface area contributed by atoms with E-state index >= 15 is 0 Å². The van der Waals surface area contributed by atoms with Crippen molar-refractivity contribution in [2.75, 3.05) is 17.2 Å². The number of anilines is 2. The maximum atomic E-state index is 11.9. The number of nitrogens with one attached hydrogen (secondary N) is 2. The summed E-state index contributed by atoms with van der Waals surface area (Å²) in [5.74, 6) is 0.557. The Morgan fingerprint density at radius 2 is 2.00 bits per heavy atom. The number of thiophene rings is 1. The van der Waals surface area contributed by atoms with Gasteiger partial charge in [-0.15, -0.1) is 11.3 Å². The van der Waals surface area contributed by atoms with Crippen LogP contribution in [0.2, 0.25) is 0 Å². The molecule has 0 radical (unpaired) electrons. The molecule has 3 rings (SSSR count). The molecule has 0 atom stereocenters. The van der Waals surface area contributed by atoms with E-state index in [4.69, 9.17) is 0 Å². The molecular weight excluding hydrogens is 352 g/mol. The smallest absolute Gasteiger partial charge is 0.243 e. The molecule has 0 aliphatic carbocycles. The second kappa shape index (κ2) is 6.19. The summed E-state index contributed by atoms with van der Waals surface area (Å²) in [5, 5.41) is 7.81. The van der Waals surface area contributed by atoms with Gasteiger partial charge in [0, 0.05) is 10.2 Å². The van der Waals surface area contributed by atoms with Gasteiger partial charge in [-0.2, -0.15) is 0 Å². The molecule has 0 fully saturated rings. The van der Waals surface area contributed by atoms with Crippen molar-refractivity contribution in [1.82, 2.24) is 9.97 Å². The summed E-state index contributed by atoms with van der Waals surface area (Å²) in [4.78, 5) is 20.3. The maximum absolute atomic E-state index is 11.9. The van der Waals surface area contributed by atoms with Crippen molar-refractivity contribution in [3.8, 4) is 0 Å². The minimum atomic E-state index is -0.124. The number of carbonyl (C=O) groups is 1. The van der Waals surface area contributed by atoms with Gasteiger partial charge in [0.2, 0.25) is 5.91 Å². The molecule has 0 unspecified atom stereocenters. The van der Waals surface area contributed by atoms with Crippen molar-refractivity contribution in [3.63, 3.8) is 0 Å². The fourth-order valence-corrected chi connectivity index (χ4v) is 2.89. The molecule has 3 aromatic rings. The van der Waals surface area contributed by atoms with E-state index in [0.29, 0.717) is 5.82 Å². The summed E-state index contributed by atoms with van der Waals surface area (Å²) in [6, 6.07) is 9.36. The first-order valence-corrected chi connectivity index (χ1v) is 7.87. The van der Waals surface area contributed by atoms with E-state index in [9.17, 15) is 4.79 Å². The van der Waals surface area contributed by atoms with Gasteiger partial charge in [-0.3, -0.25) is 4.79 Å². The normalized spacial score (nSPS) is 10.5. The second-order valence-corrected chi connectivity index (χ2v) is 6.10. The van der Waals surface area contributed by atoms with E-state index in [1.807, 2.05) is 35.7 Å². The predicted molar refractivity (Wildman–Crippen MR) is 88.7 cm³/mol. The highest BCUT2D eigenvalue weighted by atomic mass is 79.9. The molecule has 0 bridgehead atoms. The van der Waals surface area contributed by atoms with Crippen LogP contribution in [-0.4, -0.2) is 22.4 Å². The SMILES string of the molecule is O=C(CNc1ncnc2ccsc12)Nc1ccc(Br)cc1. The Balaban J connectivity index is 1.63. The van der Waals surface area contributed by atoms with Crippen molar-refractivity contribution in [2.45, 2.75) is 0 Å². The standard InChI is InChI=1S/C14H11BrN4OS/c15-9-1-3-10(4-2-9)19-12(20)7-16-14-13-11(5-6-21-13)17-8-18-14/h1-6,8H,7H2,(H,19,20)(H,16,17,18). The number of hydrogen-bond acceptors (Lipinski definition) is 5. The Hall–Kier alpha value is -1.99. The molecule has 5 nitrogen and oxygen atoms in total. The lowest BCUT2D eigenvalue weighted by molar-refractivity contribution is -0.114. The third-order valence-corrected chi connectivity index (χ3v) is 4.23. The second-order valence-electron chi connectivity index (χ2n) is 4.27. The first kappa shape index (κ1) is 14.0. The van der Waals surface area contributed by atoms with Gasteiger partial charge < -0.3 is 10.6 Å². The van der Waals surface area contributed by atoms with Crippen LogP contribution in [0.25, 0.3) is 10.2 Å². The van der Waals surface area contributed by atoms with E-state index in [1.54, 1.807) is 11.3 Å². The van der Waals surface area contributed by atoms with E-state index in [2.05, 4.69) is 36.5 Å². The molecule has 1 amide bonds. The molecule has 7 heteroatoms. The van der Waals surface area contributed by atoms with Crippen molar-refractivity contribution < 1.29 is 4.79 Å². The first-order valence-electron chi connectivity index (χ1n) is 6.20. The number of nitrogens with zero attached hydrogens (tertiary/aromatic N) is 2. The molecule has 0 spiro atoms. The van der Waals surface area contributed by atoms with Gasteiger partial charge in [-0.1, -0.05) is 15.9 Å². The summed E-state index contributed by atoms with van der Waals surface area (Å²) >= 11 is 4.90. The van der Waals surface area contributed by atoms with Crippen LogP contribution < -0.4 is 10.6 Å². The molecule has 0 saturated heterocycles. The summed E-state index contributed by atoms with van der Waals surface area (Å²) < 4.78 is 1.92. The Morgan fingerprint density at radius 1 is 1.19 bits per heavy atom. The van der Waals surface area contributed by atoms with Gasteiger partial charge in [0.1, 0.15) is 12.1 Å². The molecule has 21 heavy (non-hydrogen) atoms. The largest absolute Gasteiger partial charge is 0.360 e. The number of carbonyl (C=O) groups excluding carboxylic acids is 1. The lowest BCUT2D eigenvalue weighted by Gasteiger charge is -2.07. The van der Waals surface area contributed by atoms with Gasteiger partial charge in [0.05, 0.1) is 16.8 Å². The molecule has 2 aromatic heterocycles. The van der Waals surface area contributed by atoms with E-state index in [-0.39, 0.29) is 12.5 Å². The monoisotopic (exact) mass is 362 g/mol. The summed E-state index contributed by atoms with van der Waals surface area (Å²) in [7, 11) is 0. The number of fused-ring (bicyclic) bond motifs is 1. The number of aromatic nitrogens is 2. The Labute approximate surface area is 133 Å². The molecule has 2 heterocycles. The third kappa shape index (κ3) is 3.37. The van der Waals surface area contributed by atoms with Crippen LogP contribution in [0.4, 0.5) is 11.5 Å². The summed E-state index contributed by atoms with van der Waals surface area (Å²) in [6.07, 6.45) is 1.49. The highest BCUT2D eigenvalue weighted by molar-refractivity contribution is 9.10. The average Bonchev–Trinajstić information content (AvgIpc) is 2.96. The quantitative estimate of drug-likeness (QED) is 0.745. The first-order chi connectivity index (χ1) is 10.2. The Kier molecular flexibility index (Phi) is 4.12. The fourth-order valence-electron chi connectivity index (χ4n) is 1.82. The number of amides is 1. The number of benzene rings is 1. The van der Waals surface area contributed by atoms with E-state index < -0.39 is 0 Å². The summed E-state index contributed by atoms with van der Waals surface area (Å²) in [5.41, 5.74) is 1.64. The van der Waals surface area contributed by atoms with Gasteiger partial charge in [0.15, 0.2) is 0 Å². The highest BCUT2D eigenvalue weighted by Crippen LogP contribution is 2.24. The Bertz CT molecular complexity index is 772. The van der Waals surface area contributed by atoms with Crippen molar-refractivity contribution in [2.24, 2.45) is 0 Å². The predicted octanol–water partition coefficient (Wildman–Crippen LogP) is 3.50. The Morgan fingerprint density at radius 3 is 2.81 bits per heavy atom. The minimum absolute atomic E-state index is 0.124. The third-order valence-electron chi connectivity index (χ3n) is 2.79. The fraction of sp³-hybridized carbons (Fsp3) is 0.0714. The van der Waals surface area contributed by atoms with Crippen LogP contribution in [0, 0.1) is 0 Å². The van der Waals surface area contributed by atoms with Crippen molar-refractivity contribution >= 4 is 54.9 Å². The van der Waals surface area contributed by atoms with E-state index in [1.165, 1.54) is 6.33 Å². The lowest BCUT2D eigenvalue weighted by atomic mass is 10.3. The number of hydrogen-bond donors (Lipinski definition) is 2. The molecule has 0 aliphatic heterocycles. The van der Waals surface area contributed by atoms with Crippen molar-refractivity contribution in [3.05, 3.63) is 46.5 Å². The van der Waals surface area contributed by atoms with Crippen LogP contribution in [0.5, 0.6) is 0 Å². The lowest BCUT2D eigenvalue weighted by Crippen LogP contribution is -2.22. The van der Waals surface area contributed by atoms with Crippen molar-refractivity contribution in [1.29, 1.82) is 0 Å². The molecule has 0 aliphatic rings. The van der Waals surface area contributed by atoms with Crippen LogP contribution in [0.15, 0.2) is 46.5 Å².